The predicted octanol–water partition coefficient (Wildman–Crippen LogP) is 3.24. The number of nitrogens with one attached hydrogen (secondary N) is 1. The third-order valence-electron chi connectivity index (χ3n) is 4.62. The van der Waals surface area contributed by atoms with Crippen LogP contribution >= 0.6 is 0 Å². The van der Waals surface area contributed by atoms with Crippen LogP contribution in [0.4, 0.5) is 5.82 Å². The van der Waals surface area contributed by atoms with Crippen molar-refractivity contribution >= 4 is 5.82 Å². The van der Waals surface area contributed by atoms with E-state index in [1.807, 2.05) is 0 Å². The summed E-state index contributed by atoms with van der Waals surface area (Å²) >= 11 is 0. The highest BCUT2D eigenvalue weighted by molar-refractivity contribution is 5.49. The molecule has 4 nitrogen and oxygen atoms in total. The Kier molecular flexibility index (Phi) is 5.68. The Labute approximate surface area is 129 Å². The van der Waals surface area contributed by atoms with Crippen molar-refractivity contribution in [3.63, 3.8) is 0 Å². The van der Waals surface area contributed by atoms with Crippen molar-refractivity contribution in [3.05, 3.63) is 11.3 Å². The van der Waals surface area contributed by atoms with Crippen LogP contribution in [0.1, 0.15) is 57.2 Å². The number of nitrogens with zero attached hydrogens (tertiary/aromatic N) is 3. The van der Waals surface area contributed by atoms with Gasteiger partial charge in [0.25, 0.3) is 0 Å². The molecule has 0 atom stereocenters. The van der Waals surface area contributed by atoms with Crippen molar-refractivity contribution in [3.8, 4) is 0 Å². The fourth-order valence-electron chi connectivity index (χ4n) is 3.52. The fourth-order valence-corrected chi connectivity index (χ4v) is 3.52. The van der Waals surface area contributed by atoms with E-state index in [4.69, 9.17) is 0 Å². The Hall–Kier alpha value is -1.03. The van der Waals surface area contributed by atoms with Crippen LogP contribution in [-0.2, 0) is 13.6 Å². The van der Waals surface area contributed by atoms with Crippen LogP contribution in [0.15, 0.2) is 0 Å². The summed E-state index contributed by atoms with van der Waals surface area (Å²) in [6.45, 7) is 8.57. The van der Waals surface area contributed by atoms with Gasteiger partial charge in [0.2, 0.25) is 0 Å². The maximum Gasteiger partial charge on any atom is 0.131 e. The summed E-state index contributed by atoms with van der Waals surface area (Å²) in [5.41, 5.74) is 2.50. The van der Waals surface area contributed by atoms with Gasteiger partial charge in [-0.25, -0.2) is 0 Å². The summed E-state index contributed by atoms with van der Waals surface area (Å²) in [6.07, 6.45) is 7.02. The van der Waals surface area contributed by atoms with Crippen LogP contribution in [0, 0.1) is 12.8 Å². The molecule has 1 saturated carbocycles. The molecule has 0 spiro atoms. The second-order valence-corrected chi connectivity index (χ2v) is 6.93. The van der Waals surface area contributed by atoms with Gasteiger partial charge in [0.15, 0.2) is 0 Å². The Morgan fingerprint density at radius 1 is 1.29 bits per heavy atom. The molecule has 1 aliphatic rings. The second-order valence-electron chi connectivity index (χ2n) is 6.93. The quantitative estimate of drug-likeness (QED) is 0.874. The molecule has 2 rings (SSSR count). The minimum Gasteiger partial charge on any atom is -0.359 e. The van der Waals surface area contributed by atoms with E-state index >= 15 is 0 Å². The highest BCUT2D eigenvalue weighted by Gasteiger charge is 2.21. The lowest BCUT2D eigenvalue weighted by Gasteiger charge is -2.29. The monoisotopic (exact) mass is 292 g/mol. The van der Waals surface area contributed by atoms with Gasteiger partial charge in [0.05, 0.1) is 5.69 Å². The average molecular weight is 292 g/mol. The Morgan fingerprint density at radius 3 is 2.57 bits per heavy atom. The average Bonchev–Trinajstić information content (AvgIpc) is 2.71. The van der Waals surface area contributed by atoms with Gasteiger partial charge in [-0.15, -0.1) is 0 Å². The Balaban J connectivity index is 2.09. The highest BCUT2D eigenvalue weighted by atomic mass is 15.4. The first-order chi connectivity index (χ1) is 9.99. The maximum absolute atomic E-state index is 4.64. The summed E-state index contributed by atoms with van der Waals surface area (Å²) in [5, 5.41) is 8.17. The molecule has 1 fully saturated rings. The summed E-state index contributed by atoms with van der Waals surface area (Å²) in [6, 6.07) is 0.501. The summed E-state index contributed by atoms with van der Waals surface area (Å²) < 4.78 is 2.05. The lowest BCUT2D eigenvalue weighted by atomic mass is 9.89. The normalized spacial score (nSPS) is 16.7. The molecular formula is C17H32N4. The van der Waals surface area contributed by atoms with Crippen molar-refractivity contribution in [1.82, 2.24) is 15.1 Å². The van der Waals surface area contributed by atoms with E-state index in [2.05, 4.69) is 54.9 Å². The van der Waals surface area contributed by atoms with Crippen molar-refractivity contribution in [2.45, 2.75) is 65.5 Å². The molecule has 1 aromatic heterocycles. The number of hydrogen-bond acceptors (Lipinski definition) is 3. The molecule has 1 aromatic rings. The number of anilines is 1. The van der Waals surface area contributed by atoms with Crippen LogP contribution < -0.4 is 10.2 Å². The molecule has 1 heterocycles. The van der Waals surface area contributed by atoms with Crippen LogP contribution in [0.3, 0.4) is 0 Å². The molecule has 0 unspecified atom stereocenters. The second kappa shape index (κ2) is 7.30. The topological polar surface area (TPSA) is 33.1 Å². The lowest BCUT2D eigenvalue weighted by molar-refractivity contribution is 0.360. The molecule has 0 aromatic carbocycles. The number of rotatable bonds is 6. The Morgan fingerprint density at radius 2 is 1.95 bits per heavy atom. The van der Waals surface area contributed by atoms with Crippen LogP contribution in [-0.4, -0.2) is 29.4 Å². The molecule has 0 amide bonds. The van der Waals surface area contributed by atoms with E-state index in [-0.39, 0.29) is 0 Å². The largest absolute Gasteiger partial charge is 0.359 e. The standard InChI is InChI=1S/C17H32N4/c1-13(2)18-11-16-14(3)19-21(5)17(16)20(4)12-15-9-7-6-8-10-15/h13,15,18H,6-12H2,1-5H3. The highest BCUT2D eigenvalue weighted by Crippen LogP contribution is 2.28. The van der Waals surface area contributed by atoms with Gasteiger partial charge in [-0.3, -0.25) is 4.68 Å². The predicted molar refractivity (Wildman–Crippen MR) is 89.8 cm³/mol. The molecule has 0 aliphatic heterocycles. The molecular weight excluding hydrogens is 260 g/mol. The maximum atomic E-state index is 4.64. The minimum atomic E-state index is 0.501. The molecule has 1 N–H and O–H groups in total. The summed E-state index contributed by atoms with van der Waals surface area (Å²) in [5.74, 6) is 2.14. The van der Waals surface area contributed by atoms with Crippen molar-refractivity contribution in [2.24, 2.45) is 13.0 Å². The fraction of sp³-hybridized carbons (Fsp3) is 0.824. The molecule has 0 saturated heterocycles. The molecule has 0 radical (unpaired) electrons. The van der Waals surface area contributed by atoms with Gasteiger partial charge in [-0.1, -0.05) is 33.1 Å². The van der Waals surface area contributed by atoms with E-state index in [1.165, 1.54) is 43.5 Å². The SMILES string of the molecule is Cc1nn(C)c(N(C)CC2CCCCC2)c1CNC(C)C. The van der Waals surface area contributed by atoms with Gasteiger partial charge in [-0.05, 0) is 25.7 Å². The van der Waals surface area contributed by atoms with Crippen LogP contribution in [0.5, 0.6) is 0 Å². The van der Waals surface area contributed by atoms with E-state index in [9.17, 15) is 0 Å². The molecule has 21 heavy (non-hydrogen) atoms. The third-order valence-corrected chi connectivity index (χ3v) is 4.62. The smallest absolute Gasteiger partial charge is 0.131 e. The van der Waals surface area contributed by atoms with Crippen LogP contribution in [0.25, 0.3) is 0 Å². The molecule has 4 heteroatoms. The first-order valence-corrected chi connectivity index (χ1v) is 8.46. The zero-order valence-electron chi connectivity index (χ0n) is 14.4. The molecule has 120 valence electrons. The van der Waals surface area contributed by atoms with Gasteiger partial charge >= 0.3 is 0 Å². The third kappa shape index (κ3) is 4.22. The lowest BCUT2D eigenvalue weighted by Crippen LogP contribution is -2.30. The van der Waals surface area contributed by atoms with Crippen molar-refractivity contribution in [2.75, 3.05) is 18.5 Å². The summed E-state index contributed by atoms with van der Waals surface area (Å²) in [7, 11) is 4.29. The van der Waals surface area contributed by atoms with E-state index < -0.39 is 0 Å². The zero-order valence-corrected chi connectivity index (χ0v) is 14.4. The van der Waals surface area contributed by atoms with Crippen molar-refractivity contribution < 1.29 is 0 Å². The molecule has 0 bridgehead atoms. The summed E-state index contributed by atoms with van der Waals surface area (Å²) in [4.78, 5) is 2.42. The van der Waals surface area contributed by atoms with Gasteiger partial charge in [-0.2, -0.15) is 5.10 Å². The van der Waals surface area contributed by atoms with E-state index in [1.54, 1.807) is 0 Å². The van der Waals surface area contributed by atoms with E-state index in [0.717, 1.165) is 24.7 Å². The van der Waals surface area contributed by atoms with Crippen LogP contribution in [0.2, 0.25) is 0 Å². The number of hydrogen-bond donors (Lipinski definition) is 1. The number of aromatic nitrogens is 2. The van der Waals surface area contributed by atoms with E-state index in [0.29, 0.717) is 6.04 Å². The molecule has 1 aliphatic carbocycles. The number of aryl methyl sites for hydroxylation is 2. The van der Waals surface area contributed by atoms with Gasteiger partial charge in [0.1, 0.15) is 5.82 Å². The first kappa shape index (κ1) is 16.3. The van der Waals surface area contributed by atoms with Crippen molar-refractivity contribution in [1.29, 1.82) is 0 Å². The zero-order chi connectivity index (χ0) is 15.4. The van der Waals surface area contributed by atoms with Gasteiger partial charge < -0.3 is 10.2 Å². The Bertz CT molecular complexity index is 444. The minimum absolute atomic E-state index is 0.501. The first-order valence-electron chi connectivity index (χ1n) is 8.46. The van der Waals surface area contributed by atoms with Gasteiger partial charge in [0, 0.05) is 38.8 Å².